The van der Waals surface area contributed by atoms with Gasteiger partial charge in [0.05, 0.1) is 6.10 Å². The summed E-state index contributed by atoms with van der Waals surface area (Å²) in [6.07, 6.45) is 0.550. The molecular weight excluding hydrogens is 306 g/mol. The summed E-state index contributed by atoms with van der Waals surface area (Å²) in [5.41, 5.74) is 2.93. The van der Waals surface area contributed by atoms with Crippen LogP contribution in [0.3, 0.4) is 0 Å². The van der Waals surface area contributed by atoms with E-state index in [2.05, 4.69) is 5.32 Å². The predicted octanol–water partition coefficient (Wildman–Crippen LogP) is 3.68. The number of hydrogen-bond donors (Lipinski definition) is 1. The largest absolute Gasteiger partial charge is 0.491 e. The van der Waals surface area contributed by atoms with E-state index >= 15 is 0 Å². The van der Waals surface area contributed by atoms with E-state index in [9.17, 15) is 4.79 Å². The molecule has 0 aliphatic carbocycles. The Morgan fingerprint density at radius 2 is 1.83 bits per heavy atom. The van der Waals surface area contributed by atoms with Gasteiger partial charge in [-0.25, -0.2) is 0 Å². The molecule has 24 heavy (non-hydrogen) atoms. The monoisotopic (exact) mass is 325 g/mol. The molecule has 124 valence electrons. The Bertz CT molecular complexity index is 783. The molecule has 2 heterocycles. The van der Waals surface area contributed by atoms with Crippen LogP contribution in [0.15, 0.2) is 36.4 Å². The van der Waals surface area contributed by atoms with Crippen LogP contribution in [0, 0.1) is 0 Å². The molecule has 5 nitrogen and oxygen atoms in total. The first-order valence-corrected chi connectivity index (χ1v) is 8.10. The Labute approximate surface area is 140 Å². The standard InChI is InChI=1S/C19H19NO4/c1-11(2)24-13-5-3-12(4-6-13)14-8-19(21)20-16-9-18-17(7-15(14)16)22-10-23-18/h3-7,9,11,14H,8,10H2,1-2H3,(H,20,21). The van der Waals surface area contributed by atoms with Gasteiger partial charge in [-0.3, -0.25) is 4.79 Å². The zero-order chi connectivity index (χ0) is 16.7. The van der Waals surface area contributed by atoms with Crippen LogP contribution in [0.1, 0.15) is 37.3 Å². The van der Waals surface area contributed by atoms with Crippen molar-refractivity contribution in [2.45, 2.75) is 32.3 Å². The lowest BCUT2D eigenvalue weighted by atomic mass is 9.84. The molecule has 1 atom stereocenters. The second-order valence-corrected chi connectivity index (χ2v) is 6.33. The molecule has 0 spiro atoms. The van der Waals surface area contributed by atoms with Crippen LogP contribution in [-0.4, -0.2) is 18.8 Å². The number of amides is 1. The summed E-state index contributed by atoms with van der Waals surface area (Å²) >= 11 is 0. The second kappa shape index (κ2) is 5.74. The Hall–Kier alpha value is -2.69. The fraction of sp³-hybridized carbons (Fsp3) is 0.316. The quantitative estimate of drug-likeness (QED) is 0.935. The Morgan fingerprint density at radius 3 is 2.54 bits per heavy atom. The summed E-state index contributed by atoms with van der Waals surface area (Å²) in [6.45, 7) is 4.22. The molecule has 0 bridgehead atoms. The van der Waals surface area contributed by atoms with Crippen LogP contribution < -0.4 is 19.5 Å². The van der Waals surface area contributed by atoms with Gasteiger partial charge in [-0.05, 0) is 43.2 Å². The van der Waals surface area contributed by atoms with Crippen molar-refractivity contribution in [1.29, 1.82) is 0 Å². The maximum Gasteiger partial charge on any atom is 0.231 e. The number of anilines is 1. The highest BCUT2D eigenvalue weighted by Gasteiger charge is 2.29. The lowest BCUT2D eigenvalue weighted by Gasteiger charge is -2.26. The van der Waals surface area contributed by atoms with Crippen LogP contribution >= 0.6 is 0 Å². The van der Waals surface area contributed by atoms with E-state index in [0.29, 0.717) is 12.2 Å². The molecule has 2 aliphatic rings. The maximum absolute atomic E-state index is 12.1. The molecule has 4 rings (SSSR count). The summed E-state index contributed by atoms with van der Waals surface area (Å²) in [4.78, 5) is 12.1. The lowest BCUT2D eigenvalue weighted by Crippen LogP contribution is -2.23. The number of hydrogen-bond acceptors (Lipinski definition) is 4. The molecule has 5 heteroatoms. The number of benzene rings is 2. The number of nitrogens with one attached hydrogen (secondary N) is 1. The third-order valence-electron chi connectivity index (χ3n) is 4.24. The summed E-state index contributed by atoms with van der Waals surface area (Å²) in [5.74, 6) is 2.25. The zero-order valence-electron chi connectivity index (χ0n) is 13.7. The predicted molar refractivity (Wildman–Crippen MR) is 89.9 cm³/mol. The SMILES string of the molecule is CC(C)Oc1ccc(C2CC(=O)Nc3cc4c(cc32)OCO4)cc1. The molecule has 0 fully saturated rings. The van der Waals surface area contributed by atoms with Crippen molar-refractivity contribution < 1.29 is 19.0 Å². The number of fused-ring (bicyclic) bond motifs is 2. The minimum absolute atomic E-state index is 0.00338. The van der Waals surface area contributed by atoms with E-state index in [0.717, 1.165) is 28.3 Å². The zero-order valence-corrected chi connectivity index (χ0v) is 13.7. The van der Waals surface area contributed by atoms with E-state index < -0.39 is 0 Å². The van der Waals surface area contributed by atoms with Gasteiger partial charge in [0.1, 0.15) is 5.75 Å². The van der Waals surface area contributed by atoms with Crippen LogP contribution in [0.5, 0.6) is 17.2 Å². The van der Waals surface area contributed by atoms with Crippen molar-refractivity contribution in [1.82, 2.24) is 0 Å². The average Bonchev–Trinajstić information content (AvgIpc) is 2.99. The fourth-order valence-corrected chi connectivity index (χ4v) is 3.20. The van der Waals surface area contributed by atoms with Crippen molar-refractivity contribution in [2.24, 2.45) is 0 Å². The topological polar surface area (TPSA) is 56.8 Å². The number of carbonyl (C=O) groups is 1. The van der Waals surface area contributed by atoms with Gasteiger partial charge in [-0.1, -0.05) is 12.1 Å². The molecule has 0 radical (unpaired) electrons. The highest BCUT2D eigenvalue weighted by Crippen LogP contribution is 2.44. The van der Waals surface area contributed by atoms with Gasteiger partial charge in [0.25, 0.3) is 0 Å². The molecule has 2 aliphatic heterocycles. The molecule has 1 unspecified atom stereocenters. The van der Waals surface area contributed by atoms with Gasteiger partial charge >= 0.3 is 0 Å². The Morgan fingerprint density at radius 1 is 1.12 bits per heavy atom. The van der Waals surface area contributed by atoms with Crippen molar-refractivity contribution >= 4 is 11.6 Å². The smallest absolute Gasteiger partial charge is 0.231 e. The third-order valence-corrected chi connectivity index (χ3v) is 4.24. The fourth-order valence-electron chi connectivity index (χ4n) is 3.20. The average molecular weight is 325 g/mol. The molecule has 1 amide bonds. The van der Waals surface area contributed by atoms with Gasteiger partial charge in [0.2, 0.25) is 12.7 Å². The Balaban J connectivity index is 1.70. The van der Waals surface area contributed by atoms with Crippen LogP contribution in [0.4, 0.5) is 5.69 Å². The molecule has 2 aromatic carbocycles. The van der Waals surface area contributed by atoms with E-state index in [4.69, 9.17) is 14.2 Å². The lowest BCUT2D eigenvalue weighted by molar-refractivity contribution is -0.116. The van der Waals surface area contributed by atoms with Crippen LogP contribution in [0.25, 0.3) is 0 Å². The molecule has 0 saturated heterocycles. The first-order valence-electron chi connectivity index (χ1n) is 8.10. The van der Waals surface area contributed by atoms with Gasteiger partial charge in [-0.2, -0.15) is 0 Å². The summed E-state index contributed by atoms with van der Waals surface area (Å²) in [7, 11) is 0. The molecule has 0 saturated carbocycles. The van der Waals surface area contributed by atoms with Crippen LogP contribution in [0.2, 0.25) is 0 Å². The molecule has 0 aromatic heterocycles. The minimum atomic E-state index is -0.00338. The molecule has 2 aromatic rings. The third kappa shape index (κ3) is 2.66. The molecular formula is C19H19NO4. The minimum Gasteiger partial charge on any atom is -0.491 e. The summed E-state index contributed by atoms with van der Waals surface area (Å²) in [5, 5.41) is 2.93. The van der Waals surface area contributed by atoms with Crippen LogP contribution in [-0.2, 0) is 4.79 Å². The van der Waals surface area contributed by atoms with E-state index in [1.807, 2.05) is 50.2 Å². The normalized spacial score (nSPS) is 18.3. The van der Waals surface area contributed by atoms with Gasteiger partial charge in [0, 0.05) is 24.1 Å². The second-order valence-electron chi connectivity index (χ2n) is 6.33. The van der Waals surface area contributed by atoms with Crippen molar-refractivity contribution in [3.05, 3.63) is 47.5 Å². The number of carbonyl (C=O) groups excluding carboxylic acids is 1. The highest BCUT2D eigenvalue weighted by atomic mass is 16.7. The number of ether oxygens (including phenoxy) is 3. The van der Waals surface area contributed by atoms with Crippen molar-refractivity contribution in [2.75, 3.05) is 12.1 Å². The maximum atomic E-state index is 12.1. The van der Waals surface area contributed by atoms with E-state index in [-0.39, 0.29) is 24.7 Å². The van der Waals surface area contributed by atoms with Gasteiger partial charge in [0.15, 0.2) is 11.5 Å². The van der Waals surface area contributed by atoms with Crippen molar-refractivity contribution in [3.8, 4) is 17.2 Å². The van der Waals surface area contributed by atoms with Gasteiger partial charge in [-0.15, -0.1) is 0 Å². The van der Waals surface area contributed by atoms with Crippen molar-refractivity contribution in [3.63, 3.8) is 0 Å². The summed E-state index contributed by atoms with van der Waals surface area (Å²) in [6, 6.07) is 11.8. The molecule has 1 N–H and O–H groups in total. The first kappa shape index (κ1) is 14.9. The number of rotatable bonds is 3. The van der Waals surface area contributed by atoms with E-state index in [1.54, 1.807) is 0 Å². The van der Waals surface area contributed by atoms with E-state index in [1.165, 1.54) is 0 Å². The first-order chi connectivity index (χ1) is 11.6. The van der Waals surface area contributed by atoms with Gasteiger partial charge < -0.3 is 19.5 Å². The summed E-state index contributed by atoms with van der Waals surface area (Å²) < 4.78 is 16.6. The highest BCUT2D eigenvalue weighted by molar-refractivity contribution is 5.96. The Kier molecular flexibility index (Phi) is 3.56.